The zero-order chi connectivity index (χ0) is 51.1. The van der Waals surface area contributed by atoms with E-state index < -0.39 is 10.8 Å². The fourth-order valence-electron chi connectivity index (χ4n) is 14.8. The van der Waals surface area contributed by atoms with Crippen LogP contribution < -0.4 is 9.80 Å². The Morgan fingerprint density at radius 2 is 0.872 bits per heavy atom. The first kappa shape index (κ1) is 43.8. The van der Waals surface area contributed by atoms with Crippen molar-refractivity contribution in [1.29, 1.82) is 0 Å². The van der Waals surface area contributed by atoms with Crippen LogP contribution in [0.25, 0.3) is 50.4 Å². The number of benzene rings is 11. The van der Waals surface area contributed by atoms with Crippen molar-refractivity contribution in [3.05, 3.63) is 323 Å². The number of rotatable bonds is 6. The molecule has 4 heteroatoms. The predicted octanol–water partition coefficient (Wildman–Crippen LogP) is 19.4. The van der Waals surface area contributed by atoms with Crippen LogP contribution in [0.15, 0.2) is 281 Å². The fourth-order valence-corrected chi connectivity index (χ4v) is 16.0. The van der Waals surface area contributed by atoms with Gasteiger partial charge in [-0.1, -0.05) is 218 Å². The molecule has 0 N–H and O–H groups in total. The van der Waals surface area contributed by atoms with Crippen LogP contribution in [-0.2, 0) is 10.8 Å². The van der Waals surface area contributed by atoms with E-state index in [0.717, 1.165) is 51.6 Å². The van der Waals surface area contributed by atoms with Gasteiger partial charge in [0.15, 0.2) is 5.58 Å². The largest absolute Gasteiger partial charge is 0.454 e. The highest BCUT2D eigenvalue weighted by molar-refractivity contribution is 7.99. The van der Waals surface area contributed by atoms with Crippen molar-refractivity contribution in [2.24, 2.45) is 0 Å². The minimum atomic E-state index is -0.499. The molecule has 0 amide bonds. The molecule has 0 fully saturated rings. The average Bonchev–Trinajstić information content (AvgIpc) is 4.38. The number of hydrogen-bond acceptors (Lipinski definition) is 4. The van der Waals surface area contributed by atoms with Crippen molar-refractivity contribution in [3.63, 3.8) is 0 Å². The lowest BCUT2D eigenvalue weighted by Crippen LogP contribution is -2.32. The van der Waals surface area contributed by atoms with Crippen molar-refractivity contribution in [1.82, 2.24) is 0 Å². The van der Waals surface area contributed by atoms with E-state index in [9.17, 15) is 0 Å². The van der Waals surface area contributed by atoms with Crippen molar-refractivity contribution in [3.8, 4) is 33.4 Å². The Balaban J connectivity index is 0.869. The molecule has 3 nitrogen and oxygen atoms in total. The Morgan fingerprint density at radius 1 is 0.385 bits per heavy atom. The Bertz CT molecular complexity index is 4400. The lowest BCUT2D eigenvalue weighted by atomic mass is 9.67. The maximum atomic E-state index is 7.40. The van der Waals surface area contributed by atoms with Gasteiger partial charge >= 0.3 is 0 Å². The Morgan fingerprint density at radius 3 is 1.51 bits per heavy atom. The first-order valence-corrected chi connectivity index (χ1v) is 28.0. The van der Waals surface area contributed by atoms with Crippen LogP contribution in [0.4, 0.5) is 28.4 Å². The maximum Gasteiger partial charge on any atom is 0.159 e. The molecular formula is C74H48N2OS. The number of nitrogens with zero attached hydrogens (tertiary/aromatic N) is 2. The summed E-state index contributed by atoms with van der Waals surface area (Å²) in [7, 11) is 0. The zero-order valence-electron chi connectivity index (χ0n) is 42.5. The maximum absolute atomic E-state index is 7.40. The molecule has 4 aliphatic carbocycles. The molecule has 1 unspecified atom stereocenters. The number of anilines is 5. The highest BCUT2D eigenvalue weighted by Crippen LogP contribution is 2.66. The highest BCUT2D eigenvalue weighted by atomic mass is 32.2. The predicted molar refractivity (Wildman–Crippen MR) is 320 cm³/mol. The summed E-state index contributed by atoms with van der Waals surface area (Å²) in [4.78, 5) is 7.63. The van der Waals surface area contributed by atoms with Crippen molar-refractivity contribution >= 4 is 57.2 Å². The second-order valence-corrected chi connectivity index (χ2v) is 22.4. The molecule has 1 aliphatic heterocycles. The van der Waals surface area contributed by atoms with Gasteiger partial charge in [-0.2, -0.15) is 0 Å². The van der Waals surface area contributed by atoms with E-state index in [1.165, 1.54) is 93.2 Å². The molecule has 17 rings (SSSR count). The van der Waals surface area contributed by atoms with E-state index in [2.05, 4.69) is 283 Å². The van der Waals surface area contributed by atoms with E-state index in [0.29, 0.717) is 0 Å². The molecule has 0 saturated heterocycles. The molecule has 1 atom stereocenters. The second-order valence-electron chi connectivity index (χ2n) is 21.3. The molecular weight excluding hydrogens is 965 g/mol. The van der Waals surface area contributed by atoms with Crippen LogP contribution in [0.5, 0.6) is 0 Å². The highest BCUT2D eigenvalue weighted by Gasteiger charge is 2.53. The van der Waals surface area contributed by atoms with E-state index in [1.54, 1.807) is 0 Å². The zero-order valence-corrected chi connectivity index (χ0v) is 43.3. The van der Waals surface area contributed by atoms with E-state index in [-0.39, 0.29) is 6.04 Å². The monoisotopic (exact) mass is 1010 g/mol. The Labute approximate surface area is 458 Å². The third-order valence-corrected chi connectivity index (χ3v) is 18.8. The Kier molecular flexibility index (Phi) is 9.32. The number of fused-ring (bicyclic) bond motifs is 22. The third-order valence-electron chi connectivity index (χ3n) is 17.7. The van der Waals surface area contributed by atoms with Gasteiger partial charge in [0.1, 0.15) is 5.76 Å². The van der Waals surface area contributed by atoms with Gasteiger partial charge in [0.05, 0.1) is 28.2 Å². The first-order valence-electron chi connectivity index (χ1n) is 27.2. The lowest BCUT2D eigenvalue weighted by Gasteiger charge is -2.41. The van der Waals surface area contributed by atoms with Gasteiger partial charge in [0.2, 0.25) is 0 Å². The summed E-state index contributed by atoms with van der Waals surface area (Å²) >= 11 is 1.89. The Hall–Kier alpha value is -9.35. The second kappa shape index (κ2) is 16.6. The van der Waals surface area contributed by atoms with Gasteiger partial charge < -0.3 is 14.2 Å². The standard InChI is InChI=1S/C74H48N2OS/c1-3-22-47(23-4-1)75(49-44-45-69-63(46-49)74(61-37-17-18-43-68(61)78-69)58-34-14-9-28-52(58)53-29-10-15-35-59(53)74)65-40-21-42-67-71(65)55-31-19-41-66(72(55)77-67)76(48-24-5-2-6-25-48)64-39-20-38-62-70(64)54-30-11-16-36-60(54)73(62)56-32-12-7-26-50(56)51-27-8-13-33-57(51)73/h1-39,41-46,65H,40H2. The quantitative estimate of drug-likeness (QED) is 0.165. The average molecular weight is 1010 g/mol. The summed E-state index contributed by atoms with van der Waals surface area (Å²) in [6.07, 6.45) is 5.32. The number of furan rings is 1. The minimum Gasteiger partial charge on any atom is -0.454 e. The molecule has 5 aliphatic rings. The molecule has 11 aromatic carbocycles. The molecule has 78 heavy (non-hydrogen) atoms. The lowest BCUT2D eigenvalue weighted by molar-refractivity contribution is 0.580. The first-order chi connectivity index (χ1) is 38.7. The van der Waals surface area contributed by atoms with Crippen LogP contribution in [0.3, 0.4) is 0 Å². The smallest absolute Gasteiger partial charge is 0.159 e. The van der Waals surface area contributed by atoms with Crippen LogP contribution in [0.2, 0.25) is 0 Å². The molecule has 0 radical (unpaired) electrons. The van der Waals surface area contributed by atoms with Crippen molar-refractivity contribution < 1.29 is 4.42 Å². The molecule has 12 aromatic rings. The molecule has 366 valence electrons. The third kappa shape index (κ3) is 5.74. The molecule has 1 aromatic heterocycles. The summed E-state index contributed by atoms with van der Waals surface area (Å²) in [6, 6.07) is 97.3. The molecule has 2 spiro atoms. The van der Waals surface area contributed by atoms with E-state index in [4.69, 9.17) is 4.42 Å². The van der Waals surface area contributed by atoms with E-state index in [1.807, 2.05) is 11.8 Å². The summed E-state index contributed by atoms with van der Waals surface area (Å²) < 4.78 is 7.40. The fraction of sp³-hybridized carbons (Fsp3) is 0.0541. The summed E-state index contributed by atoms with van der Waals surface area (Å²) in [5, 5.41) is 1.11. The van der Waals surface area contributed by atoms with Gasteiger partial charge in [-0.15, -0.1) is 0 Å². The van der Waals surface area contributed by atoms with Crippen LogP contribution in [-0.4, -0.2) is 0 Å². The van der Waals surface area contributed by atoms with Gasteiger partial charge in [-0.25, -0.2) is 0 Å². The van der Waals surface area contributed by atoms with Crippen molar-refractivity contribution in [2.75, 3.05) is 9.80 Å². The molecule has 0 saturated carbocycles. The normalized spacial score (nSPS) is 15.6. The van der Waals surface area contributed by atoms with Gasteiger partial charge in [-0.05, 0) is 145 Å². The van der Waals surface area contributed by atoms with Gasteiger partial charge in [0.25, 0.3) is 0 Å². The molecule has 2 heterocycles. The van der Waals surface area contributed by atoms with Crippen LogP contribution in [0, 0.1) is 0 Å². The SMILES string of the molecule is C1=Cc2oc3c(N(c4ccccc4)c4cccc5c4-c4ccccc4C54c5ccccc5-c5ccccc54)cccc3c2C(N(c2ccccc2)c2ccc3c(c2)C2(c4ccccc4S3)c3ccccc3-c3ccccc32)C1. The summed E-state index contributed by atoms with van der Waals surface area (Å²) in [5.41, 5.74) is 24.8. The van der Waals surface area contributed by atoms with Crippen molar-refractivity contribution in [2.45, 2.75) is 33.1 Å². The minimum absolute atomic E-state index is 0.0926. The number of para-hydroxylation sites is 3. The van der Waals surface area contributed by atoms with E-state index >= 15 is 0 Å². The number of hydrogen-bond donors (Lipinski definition) is 0. The van der Waals surface area contributed by atoms with Gasteiger partial charge in [-0.3, -0.25) is 0 Å². The summed E-state index contributed by atoms with van der Waals surface area (Å²) in [6.45, 7) is 0. The topological polar surface area (TPSA) is 19.6 Å². The summed E-state index contributed by atoms with van der Waals surface area (Å²) in [5.74, 6) is 0.891. The van der Waals surface area contributed by atoms with Crippen LogP contribution in [0.1, 0.15) is 68.3 Å². The molecule has 0 bridgehead atoms. The van der Waals surface area contributed by atoms with Gasteiger partial charge in [0, 0.05) is 43.4 Å². The van der Waals surface area contributed by atoms with Crippen LogP contribution >= 0.6 is 11.8 Å².